The molecule has 4 nitrogen and oxygen atoms in total. The molecule has 1 N–H and O–H groups in total. The van der Waals surface area contributed by atoms with Gasteiger partial charge in [0, 0.05) is 17.5 Å². The van der Waals surface area contributed by atoms with Gasteiger partial charge in [0.15, 0.2) is 0 Å². The summed E-state index contributed by atoms with van der Waals surface area (Å²) in [6.45, 7) is 2.17. The maximum atomic E-state index is 11.9. The van der Waals surface area contributed by atoms with E-state index in [-0.39, 0.29) is 5.91 Å². The van der Waals surface area contributed by atoms with Crippen molar-refractivity contribution in [2.45, 2.75) is 25.9 Å². The fraction of sp³-hybridized carbons (Fsp3) is 0.462. The summed E-state index contributed by atoms with van der Waals surface area (Å²) >= 11 is 6.04. The highest BCUT2D eigenvalue weighted by Crippen LogP contribution is 2.35. The normalized spacial score (nSPS) is 20.1. The Kier molecular flexibility index (Phi) is 3.78. The van der Waals surface area contributed by atoms with Gasteiger partial charge in [-0.1, -0.05) is 11.6 Å². The fourth-order valence-electron chi connectivity index (χ4n) is 2.08. The number of amides is 1. The summed E-state index contributed by atoms with van der Waals surface area (Å²) in [6, 6.07) is 3.51. The van der Waals surface area contributed by atoms with Gasteiger partial charge >= 0.3 is 0 Å². The van der Waals surface area contributed by atoms with Crippen molar-refractivity contribution >= 4 is 23.2 Å². The van der Waals surface area contributed by atoms with Crippen LogP contribution in [0, 0.1) is 6.92 Å². The number of aryl methyl sites for hydroxylation is 1. The quantitative estimate of drug-likeness (QED) is 0.895. The predicted octanol–water partition coefficient (Wildman–Crippen LogP) is 2.14. The molecule has 0 radical (unpaired) electrons. The van der Waals surface area contributed by atoms with Crippen LogP contribution in [0.2, 0.25) is 5.02 Å². The Labute approximate surface area is 111 Å². The van der Waals surface area contributed by atoms with Crippen LogP contribution in [0.4, 0.5) is 5.69 Å². The first-order chi connectivity index (χ1) is 8.52. The van der Waals surface area contributed by atoms with Crippen molar-refractivity contribution in [2.75, 3.05) is 18.6 Å². The fourth-order valence-corrected chi connectivity index (χ4v) is 2.24. The SMILES string of the molecule is COc1cc(Cl)c(C)cc1N1CC(O)CCC1=O. The third-order valence-electron chi connectivity index (χ3n) is 3.14. The van der Waals surface area contributed by atoms with Crippen molar-refractivity contribution in [3.63, 3.8) is 0 Å². The molecule has 1 amide bonds. The third-order valence-corrected chi connectivity index (χ3v) is 3.54. The number of anilines is 1. The Bertz CT molecular complexity index is 476. The van der Waals surface area contributed by atoms with Crippen molar-refractivity contribution in [2.24, 2.45) is 0 Å². The lowest BCUT2D eigenvalue weighted by Crippen LogP contribution is -2.42. The molecule has 1 aromatic rings. The number of β-amino-alcohol motifs (C(OH)–C–C–N with tert-alkyl or cyclic N) is 1. The van der Waals surface area contributed by atoms with Crippen molar-refractivity contribution in [3.05, 3.63) is 22.7 Å². The molecule has 1 aliphatic heterocycles. The van der Waals surface area contributed by atoms with Gasteiger partial charge in [0.1, 0.15) is 5.75 Å². The summed E-state index contributed by atoms with van der Waals surface area (Å²) < 4.78 is 5.26. The van der Waals surface area contributed by atoms with E-state index in [0.717, 1.165) is 5.56 Å². The molecule has 1 aromatic carbocycles. The number of hydrogen-bond acceptors (Lipinski definition) is 3. The lowest BCUT2D eigenvalue weighted by molar-refractivity contribution is -0.121. The predicted molar refractivity (Wildman–Crippen MR) is 70.3 cm³/mol. The van der Waals surface area contributed by atoms with Crippen LogP contribution in [0.5, 0.6) is 5.75 Å². The highest BCUT2D eigenvalue weighted by atomic mass is 35.5. The lowest BCUT2D eigenvalue weighted by atomic mass is 10.1. The van der Waals surface area contributed by atoms with Crippen LogP contribution in [0.3, 0.4) is 0 Å². The molecule has 18 heavy (non-hydrogen) atoms. The number of aliphatic hydroxyl groups excluding tert-OH is 1. The summed E-state index contributed by atoms with van der Waals surface area (Å²) in [7, 11) is 1.54. The smallest absolute Gasteiger partial charge is 0.227 e. The van der Waals surface area contributed by atoms with E-state index in [1.165, 1.54) is 7.11 Å². The Balaban J connectivity index is 2.42. The molecule has 2 rings (SSSR count). The summed E-state index contributed by atoms with van der Waals surface area (Å²) in [5.41, 5.74) is 1.54. The summed E-state index contributed by atoms with van der Waals surface area (Å²) in [4.78, 5) is 13.5. The van der Waals surface area contributed by atoms with Gasteiger partial charge in [-0.15, -0.1) is 0 Å². The minimum absolute atomic E-state index is 0.000299. The molecule has 1 fully saturated rings. The number of hydrogen-bond donors (Lipinski definition) is 1. The lowest BCUT2D eigenvalue weighted by Gasteiger charge is -2.31. The molecule has 0 spiro atoms. The van der Waals surface area contributed by atoms with Gasteiger partial charge in [-0.05, 0) is 25.0 Å². The van der Waals surface area contributed by atoms with Gasteiger partial charge in [0.2, 0.25) is 5.91 Å². The number of aliphatic hydroxyl groups is 1. The number of halogens is 1. The van der Waals surface area contributed by atoms with Crippen molar-refractivity contribution < 1.29 is 14.6 Å². The number of carbonyl (C=O) groups excluding carboxylic acids is 1. The van der Waals surface area contributed by atoms with E-state index >= 15 is 0 Å². The summed E-state index contributed by atoms with van der Waals surface area (Å²) in [5.74, 6) is 0.549. The zero-order valence-corrected chi connectivity index (χ0v) is 11.2. The molecular weight excluding hydrogens is 254 g/mol. The van der Waals surface area contributed by atoms with Gasteiger partial charge in [0.25, 0.3) is 0 Å². The summed E-state index contributed by atoms with van der Waals surface area (Å²) in [6.07, 6.45) is 0.388. The number of carbonyl (C=O) groups is 1. The largest absolute Gasteiger partial charge is 0.495 e. The van der Waals surface area contributed by atoms with E-state index in [1.807, 2.05) is 13.0 Å². The van der Waals surface area contributed by atoms with E-state index in [9.17, 15) is 9.90 Å². The highest BCUT2D eigenvalue weighted by Gasteiger charge is 2.27. The first-order valence-corrected chi connectivity index (χ1v) is 6.23. The van der Waals surface area contributed by atoms with Crippen LogP contribution in [0.25, 0.3) is 0 Å². The minimum atomic E-state index is -0.483. The van der Waals surface area contributed by atoms with Crippen LogP contribution >= 0.6 is 11.6 Å². The molecular formula is C13H16ClNO3. The second-order valence-corrected chi connectivity index (χ2v) is 4.88. The number of nitrogens with zero attached hydrogens (tertiary/aromatic N) is 1. The number of piperidine rings is 1. The molecule has 0 aliphatic carbocycles. The maximum absolute atomic E-state index is 11.9. The Morgan fingerprint density at radius 2 is 2.22 bits per heavy atom. The monoisotopic (exact) mass is 269 g/mol. The molecule has 0 saturated carbocycles. The van der Waals surface area contributed by atoms with E-state index in [2.05, 4.69) is 0 Å². The highest BCUT2D eigenvalue weighted by molar-refractivity contribution is 6.31. The summed E-state index contributed by atoms with van der Waals surface area (Å²) in [5, 5.41) is 10.3. The molecule has 98 valence electrons. The van der Waals surface area contributed by atoms with Crippen LogP contribution in [-0.2, 0) is 4.79 Å². The Hall–Kier alpha value is -1.26. The zero-order chi connectivity index (χ0) is 13.3. The van der Waals surface area contributed by atoms with Crippen LogP contribution < -0.4 is 9.64 Å². The average molecular weight is 270 g/mol. The maximum Gasteiger partial charge on any atom is 0.227 e. The minimum Gasteiger partial charge on any atom is -0.495 e. The van der Waals surface area contributed by atoms with E-state index in [0.29, 0.717) is 35.8 Å². The molecule has 1 aliphatic rings. The third kappa shape index (κ3) is 2.44. The molecule has 1 saturated heterocycles. The van der Waals surface area contributed by atoms with Crippen LogP contribution in [0.15, 0.2) is 12.1 Å². The van der Waals surface area contributed by atoms with Gasteiger partial charge in [-0.25, -0.2) is 0 Å². The van der Waals surface area contributed by atoms with Crippen molar-refractivity contribution in [1.29, 1.82) is 0 Å². The topological polar surface area (TPSA) is 49.8 Å². The number of ether oxygens (including phenoxy) is 1. The standard InChI is InChI=1S/C13H16ClNO3/c1-8-5-11(12(18-2)6-10(8)14)15-7-9(16)3-4-13(15)17/h5-6,9,16H,3-4,7H2,1-2H3. The van der Waals surface area contributed by atoms with Gasteiger partial charge in [-0.3, -0.25) is 4.79 Å². The second-order valence-electron chi connectivity index (χ2n) is 4.47. The van der Waals surface area contributed by atoms with Crippen molar-refractivity contribution in [3.8, 4) is 5.75 Å². The number of benzene rings is 1. The van der Waals surface area contributed by atoms with E-state index in [4.69, 9.17) is 16.3 Å². The van der Waals surface area contributed by atoms with Crippen LogP contribution in [0.1, 0.15) is 18.4 Å². The van der Waals surface area contributed by atoms with E-state index in [1.54, 1.807) is 11.0 Å². The molecule has 1 atom stereocenters. The number of methoxy groups -OCH3 is 1. The first kappa shape index (κ1) is 13.2. The molecule has 1 unspecified atom stereocenters. The average Bonchev–Trinajstić information content (AvgIpc) is 2.35. The molecule has 0 bridgehead atoms. The van der Waals surface area contributed by atoms with Crippen molar-refractivity contribution in [1.82, 2.24) is 0 Å². The van der Waals surface area contributed by atoms with Gasteiger partial charge in [-0.2, -0.15) is 0 Å². The van der Waals surface area contributed by atoms with Gasteiger partial charge < -0.3 is 14.7 Å². The van der Waals surface area contributed by atoms with Crippen LogP contribution in [-0.4, -0.2) is 30.8 Å². The Morgan fingerprint density at radius 1 is 1.50 bits per heavy atom. The Morgan fingerprint density at radius 3 is 2.89 bits per heavy atom. The van der Waals surface area contributed by atoms with Gasteiger partial charge in [0.05, 0.1) is 25.4 Å². The molecule has 0 aromatic heterocycles. The van der Waals surface area contributed by atoms with E-state index < -0.39 is 6.10 Å². The first-order valence-electron chi connectivity index (χ1n) is 5.85. The second kappa shape index (κ2) is 5.16. The zero-order valence-electron chi connectivity index (χ0n) is 10.4. The molecule has 5 heteroatoms. The molecule has 1 heterocycles. The number of rotatable bonds is 2.